The van der Waals surface area contributed by atoms with E-state index in [4.69, 9.17) is 0 Å². The Morgan fingerprint density at radius 1 is 0.409 bits per heavy atom. The predicted molar refractivity (Wildman–Crippen MR) is 376 cm³/mol. The number of nitrogens with zero attached hydrogens (tertiary/aromatic N) is 4. The summed E-state index contributed by atoms with van der Waals surface area (Å²) in [6.45, 7) is 16.4. The Kier molecular flexibility index (Phi) is 65.0. The summed E-state index contributed by atoms with van der Waals surface area (Å²) in [5.41, 5.74) is 0. The van der Waals surface area contributed by atoms with Gasteiger partial charge in [0.25, 0.3) is 10.1 Å². The fourth-order valence-corrected chi connectivity index (χ4v) is 13.6. The molecule has 1 rings (SSSR count). The predicted octanol–water partition coefficient (Wildman–Crippen LogP) is 16.4. The van der Waals surface area contributed by atoms with Gasteiger partial charge in [0.1, 0.15) is 0 Å². The summed E-state index contributed by atoms with van der Waals surface area (Å²) < 4.78 is 58.3. The zero-order valence-electron chi connectivity index (χ0n) is 59.6. The Bertz CT molecular complexity index is 1570. The van der Waals surface area contributed by atoms with E-state index in [1.807, 2.05) is 0 Å². The normalized spacial score (nSPS) is 15.0. The summed E-state index contributed by atoms with van der Waals surface area (Å²) >= 11 is 0. The topological polar surface area (TPSA) is 191 Å². The van der Waals surface area contributed by atoms with Gasteiger partial charge in [0.15, 0.2) is 0 Å². The number of quaternary nitrogens is 1. The van der Waals surface area contributed by atoms with Crippen molar-refractivity contribution in [1.29, 1.82) is 0 Å². The molecule has 1 aliphatic rings. The molecule has 4 unspecified atom stereocenters. The Hall–Kier alpha value is -0.500. The largest absolute Gasteiger partial charge is 0.748 e. The summed E-state index contributed by atoms with van der Waals surface area (Å²) in [5.74, 6) is -0.107. The number of unbranched alkanes of at least 4 members (excludes halogenated alkanes) is 36. The number of rotatable bonds is 64. The van der Waals surface area contributed by atoms with Gasteiger partial charge in [-0.15, -0.1) is 0 Å². The number of aliphatic hydroxyl groups excluding tert-OH is 4. The highest BCUT2D eigenvalue weighted by Gasteiger charge is 2.21. The lowest BCUT2D eigenvalue weighted by Gasteiger charge is -2.32. The molecule has 1 fully saturated rings. The lowest BCUT2D eigenvalue weighted by atomic mass is 10.0. The first kappa shape index (κ1) is 89.6. The molecular weight excluding hydrogens is 1140 g/mol. The molecule has 0 saturated carbocycles. The Morgan fingerprint density at radius 3 is 0.898 bits per heavy atom. The summed E-state index contributed by atoms with van der Waals surface area (Å²) in [6, 6.07) is 0. The molecule has 1 saturated heterocycles. The standard InChI is InChI=1S/C36H76N2O5S.C33H70N2O2.C3H6O3S/c1-5-7-9-11-13-15-17-19-21-23-27-35(39)33-37(29-25-30-38(3,4)31-26-32-44(41,42)43)34-36(40)28-24-22-20-18-16-14-12-10-8-6-2;1-5-7-9-11-13-15-17-19-21-23-26-32(36)30-35(29-25-28-34(3)4)31-33(37)27-24-22-20-18-16-14-12-10-8-6-2;4-7(5)3-1-2-6-7/h35-36,39-40H,5-34H2,1-4H3;32-33,36-37H,5-31H2,1-4H3;1-3H2. The molecule has 532 valence electrons. The van der Waals surface area contributed by atoms with E-state index in [-0.39, 0.29) is 35.9 Å². The van der Waals surface area contributed by atoms with E-state index in [0.717, 1.165) is 90.4 Å². The van der Waals surface area contributed by atoms with Crippen LogP contribution in [-0.4, -0.2) is 191 Å². The smallest absolute Gasteiger partial charge is 0.267 e. The molecule has 4 N–H and O–H groups in total. The molecule has 0 bridgehead atoms. The second-order valence-corrected chi connectivity index (χ2v) is 31.2. The number of hydrogen-bond donors (Lipinski definition) is 4. The third-order valence-electron chi connectivity index (χ3n) is 17.7. The van der Waals surface area contributed by atoms with Crippen molar-refractivity contribution in [2.45, 2.75) is 360 Å². The van der Waals surface area contributed by atoms with Crippen LogP contribution in [0, 0.1) is 0 Å². The van der Waals surface area contributed by atoms with Crippen LogP contribution in [0.15, 0.2) is 0 Å². The van der Waals surface area contributed by atoms with Crippen LogP contribution in [0.3, 0.4) is 0 Å². The van der Waals surface area contributed by atoms with Crippen molar-refractivity contribution in [3.8, 4) is 0 Å². The maximum Gasteiger partial charge on any atom is 0.267 e. The summed E-state index contributed by atoms with van der Waals surface area (Å²) in [6.07, 6.45) is 57.5. The Balaban J connectivity index is 0. The van der Waals surface area contributed by atoms with Crippen LogP contribution < -0.4 is 0 Å². The van der Waals surface area contributed by atoms with E-state index < -0.39 is 20.2 Å². The van der Waals surface area contributed by atoms with Crippen molar-refractivity contribution in [3.05, 3.63) is 0 Å². The molecule has 0 aromatic carbocycles. The van der Waals surface area contributed by atoms with Crippen molar-refractivity contribution >= 4 is 20.2 Å². The monoisotopic (exact) mass is 1300 g/mol. The lowest BCUT2D eigenvalue weighted by Crippen LogP contribution is -2.44. The molecule has 0 aromatic rings. The maximum atomic E-state index is 11.0. The molecule has 88 heavy (non-hydrogen) atoms. The highest BCUT2D eigenvalue weighted by Crippen LogP contribution is 2.18. The SMILES string of the molecule is CCCCCCCCCCCCC(O)CN(CCCN(C)C)CC(O)CCCCCCCCCCCC.CCCCCCCCCCCCC(O)CN(CCC[N+](C)(C)CCCS(=O)(=O)[O-])CC(O)CCCCCCCCCCCC.O=S1(=O)CCCO1. The Morgan fingerprint density at radius 2 is 0.670 bits per heavy atom. The first-order valence-corrected chi connectivity index (χ1v) is 40.8. The average molecular weight is 1300 g/mol. The number of aliphatic hydroxyl groups is 4. The van der Waals surface area contributed by atoms with Gasteiger partial charge in [-0.25, -0.2) is 8.42 Å². The van der Waals surface area contributed by atoms with Crippen molar-refractivity contribution in [2.75, 3.05) is 105 Å². The van der Waals surface area contributed by atoms with Crippen LogP contribution in [0.2, 0.25) is 0 Å². The minimum Gasteiger partial charge on any atom is -0.748 e. The van der Waals surface area contributed by atoms with Crippen molar-refractivity contribution in [1.82, 2.24) is 14.7 Å². The van der Waals surface area contributed by atoms with Crippen LogP contribution in [0.4, 0.5) is 0 Å². The summed E-state index contributed by atoms with van der Waals surface area (Å²) in [4.78, 5) is 6.79. The van der Waals surface area contributed by atoms with Crippen molar-refractivity contribution in [3.63, 3.8) is 0 Å². The van der Waals surface area contributed by atoms with Crippen LogP contribution in [-0.2, 0) is 24.4 Å². The van der Waals surface area contributed by atoms with Gasteiger partial charge in [0.05, 0.1) is 74.1 Å². The fraction of sp³-hybridized carbons (Fsp3) is 1.00. The van der Waals surface area contributed by atoms with E-state index in [0.29, 0.717) is 56.7 Å². The Labute approximate surface area is 548 Å². The second-order valence-electron chi connectivity index (χ2n) is 28.0. The van der Waals surface area contributed by atoms with Gasteiger partial charge in [-0.1, -0.05) is 285 Å². The molecule has 1 heterocycles. The van der Waals surface area contributed by atoms with E-state index in [1.54, 1.807) is 0 Å². The molecule has 0 spiro atoms. The molecule has 1 aliphatic heterocycles. The molecule has 0 radical (unpaired) electrons. The third-order valence-corrected chi connectivity index (χ3v) is 19.8. The fourth-order valence-electron chi connectivity index (χ4n) is 12.1. The minimum absolute atomic E-state index is 0.201. The first-order valence-electron chi connectivity index (χ1n) is 37.6. The van der Waals surface area contributed by atoms with E-state index in [2.05, 4.69) is 74.8 Å². The average Bonchev–Trinajstić information content (AvgIpc) is 3.90. The van der Waals surface area contributed by atoms with Crippen molar-refractivity contribution in [2.24, 2.45) is 0 Å². The molecular formula is C72H152N4O10S2. The molecule has 14 nitrogen and oxygen atoms in total. The highest BCUT2D eigenvalue weighted by molar-refractivity contribution is 7.86. The van der Waals surface area contributed by atoms with Gasteiger partial charge in [0, 0.05) is 51.3 Å². The van der Waals surface area contributed by atoms with E-state index in [1.165, 1.54) is 231 Å². The zero-order chi connectivity index (χ0) is 65.7. The second kappa shape index (κ2) is 63.9. The summed E-state index contributed by atoms with van der Waals surface area (Å²) in [7, 11) is 1.16. The van der Waals surface area contributed by atoms with Crippen molar-refractivity contribution < 1.29 is 50.5 Å². The molecule has 0 aliphatic carbocycles. The van der Waals surface area contributed by atoms with Crippen LogP contribution in [0.25, 0.3) is 0 Å². The lowest BCUT2D eigenvalue weighted by molar-refractivity contribution is -0.890. The number of hydrogen-bond acceptors (Lipinski definition) is 13. The van der Waals surface area contributed by atoms with Gasteiger partial charge >= 0.3 is 0 Å². The maximum absolute atomic E-state index is 11.0. The van der Waals surface area contributed by atoms with Gasteiger partial charge in [-0.2, -0.15) is 8.42 Å². The highest BCUT2D eigenvalue weighted by atomic mass is 32.2. The van der Waals surface area contributed by atoms with Crippen LogP contribution in [0.1, 0.15) is 336 Å². The zero-order valence-corrected chi connectivity index (χ0v) is 61.2. The summed E-state index contributed by atoms with van der Waals surface area (Å²) in [5, 5.41) is 43.1. The van der Waals surface area contributed by atoms with Gasteiger partial charge in [-0.3, -0.25) is 14.0 Å². The minimum atomic E-state index is -4.17. The van der Waals surface area contributed by atoms with Crippen LogP contribution >= 0.6 is 0 Å². The molecule has 0 aromatic heterocycles. The van der Waals surface area contributed by atoms with E-state index in [9.17, 15) is 41.8 Å². The quantitative estimate of drug-likeness (QED) is 0.0195. The van der Waals surface area contributed by atoms with Gasteiger partial charge in [0.2, 0.25) is 0 Å². The molecule has 0 amide bonds. The molecule has 16 heteroatoms. The van der Waals surface area contributed by atoms with Gasteiger partial charge < -0.3 is 34.4 Å². The van der Waals surface area contributed by atoms with Crippen LogP contribution in [0.5, 0.6) is 0 Å². The molecule has 4 atom stereocenters. The third kappa shape index (κ3) is 69.8. The van der Waals surface area contributed by atoms with E-state index >= 15 is 0 Å². The van der Waals surface area contributed by atoms with Gasteiger partial charge in [-0.05, 0) is 65.7 Å². The first-order chi connectivity index (χ1) is 42.2.